The minimum absolute atomic E-state index is 0.0544. The van der Waals surface area contributed by atoms with Crippen LogP contribution in [-0.2, 0) is 0 Å². The molecule has 0 saturated carbocycles. The Labute approximate surface area is 118 Å². The number of benzene rings is 1. The van der Waals surface area contributed by atoms with Gasteiger partial charge >= 0.3 is 0 Å². The number of phenols is 1. The van der Waals surface area contributed by atoms with E-state index >= 15 is 0 Å². The van der Waals surface area contributed by atoms with E-state index in [1.807, 2.05) is 0 Å². The Morgan fingerprint density at radius 3 is 2.79 bits per heavy atom. The van der Waals surface area contributed by atoms with Gasteiger partial charge in [-0.05, 0) is 45.8 Å². The molecule has 19 heavy (non-hydrogen) atoms. The first kappa shape index (κ1) is 13.4. The molecule has 0 radical (unpaired) electrons. The maximum atomic E-state index is 9.66. The Morgan fingerprint density at radius 1 is 1.32 bits per heavy atom. The second-order valence-corrected chi connectivity index (χ2v) is 4.41. The Bertz CT molecular complexity index is 607. The van der Waals surface area contributed by atoms with Crippen molar-refractivity contribution < 1.29 is 14.3 Å². The summed E-state index contributed by atoms with van der Waals surface area (Å²) in [5.74, 6) is 1.05. The summed E-state index contributed by atoms with van der Waals surface area (Å²) < 4.78 is 10.6. The van der Waals surface area contributed by atoms with Gasteiger partial charge in [0.2, 0.25) is 0 Å². The van der Waals surface area contributed by atoms with Crippen molar-refractivity contribution in [1.29, 1.82) is 0 Å². The molecule has 5 nitrogen and oxygen atoms in total. The van der Waals surface area contributed by atoms with Crippen LogP contribution in [-0.4, -0.2) is 24.6 Å². The molecule has 0 spiro atoms. The largest absolute Gasteiger partial charge is 0.503 e. The molecule has 0 amide bonds. The Hall–Kier alpha value is -2.08. The number of furan rings is 1. The van der Waals surface area contributed by atoms with Gasteiger partial charge < -0.3 is 14.3 Å². The minimum Gasteiger partial charge on any atom is -0.503 e. The highest BCUT2D eigenvalue weighted by Crippen LogP contribution is 2.34. The van der Waals surface area contributed by atoms with Crippen LogP contribution in [0.2, 0.25) is 0 Å². The van der Waals surface area contributed by atoms with E-state index in [1.165, 1.54) is 13.3 Å². The molecule has 2 aromatic rings. The van der Waals surface area contributed by atoms with Crippen molar-refractivity contribution >= 4 is 28.4 Å². The quantitative estimate of drug-likeness (QED) is 0.694. The van der Waals surface area contributed by atoms with Gasteiger partial charge in [0.1, 0.15) is 5.76 Å². The fourth-order valence-electron chi connectivity index (χ4n) is 1.38. The van der Waals surface area contributed by atoms with Crippen molar-refractivity contribution in [2.75, 3.05) is 7.11 Å². The molecule has 0 unspecified atom stereocenters. The van der Waals surface area contributed by atoms with Gasteiger partial charge in [-0.2, -0.15) is 10.2 Å². The smallest absolute Gasteiger partial charge is 0.172 e. The van der Waals surface area contributed by atoms with Crippen LogP contribution in [0.3, 0.4) is 0 Å². The van der Waals surface area contributed by atoms with Crippen LogP contribution >= 0.6 is 15.9 Å². The molecule has 1 aromatic heterocycles. The highest BCUT2D eigenvalue weighted by atomic mass is 79.9. The summed E-state index contributed by atoms with van der Waals surface area (Å²) in [6.45, 7) is 0. The molecule has 0 bridgehead atoms. The molecule has 0 aliphatic heterocycles. The molecule has 0 aliphatic carbocycles. The van der Waals surface area contributed by atoms with Gasteiger partial charge in [-0.1, -0.05) is 0 Å². The first-order valence-electron chi connectivity index (χ1n) is 5.37. The van der Waals surface area contributed by atoms with E-state index in [1.54, 1.807) is 36.7 Å². The molecule has 98 valence electrons. The van der Waals surface area contributed by atoms with E-state index in [9.17, 15) is 5.11 Å². The predicted octanol–water partition coefficient (Wildman–Crippen LogP) is 3.21. The van der Waals surface area contributed by atoms with E-state index in [4.69, 9.17) is 9.15 Å². The molecular weight excluding hydrogens is 312 g/mol. The fourth-order valence-corrected chi connectivity index (χ4v) is 1.84. The number of ether oxygens (including phenoxy) is 1. The summed E-state index contributed by atoms with van der Waals surface area (Å²) in [7, 11) is 1.48. The van der Waals surface area contributed by atoms with Gasteiger partial charge in [-0.25, -0.2) is 0 Å². The van der Waals surface area contributed by atoms with E-state index in [0.29, 0.717) is 16.0 Å². The summed E-state index contributed by atoms with van der Waals surface area (Å²) >= 11 is 3.23. The highest BCUT2D eigenvalue weighted by Gasteiger charge is 2.07. The second kappa shape index (κ2) is 6.19. The number of halogens is 1. The summed E-state index contributed by atoms with van der Waals surface area (Å²) in [5.41, 5.74) is 0.748. The fraction of sp³-hybridized carbons (Fsp3) is 0.0769. The second-order valence-electron chi connectivity index (χ2n) is 3.56. The van der Waals surface area contributed by atoms with Crippen molar-refractivity contribution in [3.05, 3.63) is 46.3 Å². The molecule has 1 N–H and O–H groups in total. The number of phenolic OH excluding ortho intramolecular Hbond substituents is 1. The third kappa shape index (κ3) is 3.45. The topological polar surface area (TPSA) is 67.3 Å². The molecular formula is C13H11BrN2O3. The van der Waals surface area contributed by atoms with Crippen molar-refractivity contribution in [3.63, 3.8) is 0 Å². The lowest BCUT2D eigenvalue weighted by Gasteiger charge is -2.05. The Kier molecular flexibility index (Phi) is 4.35. The van der Waals surface area contributed by atoms with Gasteiger partial charge in [-0.3, -0.25) is 0 Å². The summed E-state index contributed by atoms with van der Waals surface area (Å²) in [6, 6.07) is 6.92. The van der Waals surface area contributed by atoms with E-state index in [-0.39, 0.29) is 5.75 Å². The van der Waals surface area contributed by atoms with Crippen molar-refractivity contribution in [2.45, 2.75) is 0 Å². The zero-order valence-corrected chi connectivity index (χ0v) is 11.7. The third-order valence-electron chi connectivity index (χ3n) is 2.27. The highest BCUT2D eigenvalue weighted by molar-refractivity contribution is 9.10. The first-order chi connectivity index (χ1) is 9.20. The maximum absolute atomic E-state index is 9.66. The van der Waals surface area contributed by atoms with Crippen molar-refractivity contribution in [1.82, 2.24) is 0 Å². The first-order valence-corrected chi connectivity index (χ1v) is 6.16. The molecule has 1 aromatic carbocycles. The maximum Gasteiger partial charge on any atom is 0.172 e. The van der Waals surface area contributed by atoms with Gasteiger partial charge in [0.15, 0.2) is 11.5 Å². The zero-order chi connectivity index (χ0) is 13.7. The Morgan fingerprint density at radius 2 is 2.11 bits per heavy atom. The average molecular weight is 323 g/mol. The number of aromatic hydroxyl groups is 1. The predicted molar refractivity (Wildman–Crippen MR) is 76.3 cm³/mol. The molecule has 0 saturated heterocycles. The van der Waals surface area contributed by atoms with Crippen LogP contribution in [0.25, 0.3) is 0 Å². The van der Waals surface area contributed by atoms with E-state index in [0.717, 1.165) is 5.56 Å². The van der Waals surface area contributed by atoms with Crippen LogP contribution in [0.1, 0.15) is 11.3 Å². The van der Waals surface area contributed by atoms with E-state index in [2.05, 4.69) is 26.1 Å². The molecule has 0 aliphatic rings. The van der Waals surface area contributed by atoms with Crippen LogP contribution in [0.5, 0.6) is 11.5 Å². The summed E-state index contributed by atoms with van der Waals surface area (Å²) in [6.07, 6.45) is 4.61. The third-order valence-corrected chi connectivity index (χ3v) is 2.88. The van der Waals surface area contributed by atoms with Crippen molar-refractivity contribution in [3.8, 4) is 11.5 Å². The lowest BCUT2D eigenvalue weighted by atomic mass is 10.2. The number of hydrogen-bond donors (Lipinski definition) is 1. The number of rotatable bonds is 4. The zero-order valence-electron chi connectivity index (χ0n) is 10.1. The van der Waals surface area contributed by atoms with E-state index < -0.39 is 0 Å². The SMILES string of the molecule is COc1cc(/C=N\N=C/c2ccco2)cc(Br)c1O. The van der Waals surface area contributed by atoms with Gasteiger partial charge in [0, 0.05) is 0 Å². The van der Waals surface area contributed by atoms with Crippen LogP contribution in [0.4, 0.5) is 0 Å². The van der Waals surface area contributed by atoms with Crippen LogP contribution < -0.4 is 4.74 Å². The summed E-state index contributed by atoms with van der Waals surface area (Å²) in [4.78, 5) is 0. The van der Waals surface area contributed by atoms with Gasteiger partial charge in [0.25, 0.3) is 0 Å². The standard InChI is InChI=1S/C13H11BrN2O3/c1-18-12-6-9(5-11(14)13(12)17)7-15-16-8-10-3-2-4-19-10/h2-8,17H,1H3/b15-7-,16-8-. The number of hydrogen-bond acceptors (Lipinski definition) is 5. The van der Waals surface area contributed by atoms with Crippen LogP contribution in [0, 0.1) is 0 Å². The minimum atomic E-state index is 0.0544. The molecule has 2 rings (SSSR count). The number of nitrogens with zero attached hydrogens (tertiary/aromatic N) is 2. The molecule has 1 heterocycles. The summed E-state index contributed by atoms with van der Waals surface area (Å²) in [5, 5.41) is 17.4. The molecule has 0 fully saturated rings. The molecule has 0 atom stereocenters. The lowest BCUT2D eigenvalue weighted by molar-refractivity contribution is 0.372. The number of methoxy groups -OCH3 is 1. The van der Waals surface area contributed by atoms with Crippen LogP contribution in [0.15, 0.2) is 49.6 Å². The Balaban J connectivity index is 2.13. The normalized spacial score (nSPS) is 11.5. The molecule has 6 heteroatoms. The van der Waals surface area contributed by atoms with Gasteiger partial charge in [0.05, 0.1) is 30.3 Å². The average Bonchev–Trinajstić information content (AvgIpc) is 2.91. The van der Waals surface area contributed by atoms with Gasteiger partial charge in [-0.15, -0.1) is 0 Å². The monoisotopic (exact) mass is 322 g/mol. The lowest BCUT2D eigenvalue weighted by Crippen LogP contribution is -1.88. The van der Waals surface area contributed by atoms with Crippen molar-refractivity contribution in [2.24, 2.45) is 10.2 Å².